The zero-order valence-corrected chi connectivity index (χ0v) is 15.4. The monoisotopic (exact) mass is 364 g/mol. The predicted octanol–water partition coefficient (Wildman–Crippen LogP) is 3.69. The molecule has 0 saturated carbocycles. The smallest absolute Gasteiger partial charge is 0.193 e. The maximum absolute atomic E-state index is 11.8. The third kappa shape index (κ3) is 3.99. The molecule has 3 heteroatoms. The molecule has 0 aromatic heterocycles. The van der Waals surface area contributed by atoms with Crippen molar-refractivity contribution in [2.75, 3.05) is 6.54 Å². The van der Waals surface area contributed by atoms with Gasteiger partial charge in [0.2, 0.25) is 0 Å². The maximum Gasteiger partial charge on any atom is 0.193 e. The van der Waals surface area contributed by atoms with Crippen molar-refractivity contribution >= 4 is 12.0 Å². The summed E-state index contributed by atoms with van der Waals surface area (Å²) in [7, 11) is 0. The number of ketones is 1. The minimum absolute atomic E-state index is 0.0752. The molecule has 2 aliphatic rings. The van der Waals surface area contributed by atoms with E-state index >= 15 is 0 Å². The molecule has 3 aromatic carbocycles. The van der Waals surface area contributed by atoms with Gasteiger partial charge in [-0.1, -0.05) is 84.9 Å². The quantitative estimate of drug-likeness (QED) is 0.650. The molecule has 0 unspecified atom stereocenters. The molecule has 0 saturated heterocycles. The van der Waals surface area contributed by atoms with E-state index in [-0.39, 0.29) is 5.78 Å². The van der Waals surface area contributed by atoms with E-state index in [9.17, 15) is 4.79 Å². The second-order valence-electron chi connectivity index (χ2n) is 6.49. The minimum atomic E-state index is 0.0752. The van der Waals surface area contributed by atoms with Crippen molar-refractivity contribution in [3.8, 4) is 0 Å². The van der Waals surface area contributed by atoms with Gasteiger partial charge < -0.3 is 4.90 Å². The Balaban J connectivity index is 0.000000137. The van der Waals surface area contributed by atoms with Crippen molar-refractivity contribution < 1.29 is 4.79 Å². The van der Waals surface area contributed by atoms with E-state index in [2.05, 4.69) is 34.3 Å². The average molecular weight is 364 g/mol. The van der Waals surface area contributed by atoms with E-state index in [0.29, 0.717) is 0 Å². The number of fused-ring (bicyclic) bond motifs is 2. The lowest BCUT2D eigenvalue weighted by Gasteiger charge is -2.11. The molecular formula is C25H20N2O. The zero-order chi connectivity index (χ0) is 19.2. The normalized spacial score (nSPS) is 13.6. The van der Waals surface area contributed by atoms with E-state index in [4.69, 9.17) is 0 Å². The molecule has 0 fully saturated rings. The average Bonchev–Trinajstić information content (AvgIpc) is 3.13. The summed E-state index contributed by atoms with van der Waals surface area (Å²) < 4.78 is 0. The van der Waals surface area contributed by atoms with Crippen molar-refractivity contribution in [1.29, 1.82) is 0 Å². The molecule has 2 heterocycles. The Morgan fingerprint density at radius 2 is 1.39 bits per heavy atom. The first kappa shape index (κ1) is 17.7. The fraction of sp³-hybridized carbons (Fsp3) is 0.0400. The van der Waals surface area contributed by atoms with Crippen LogP contribution in [0.5, 0.6) is 0 Å². The number of allylic oxidation sites excluding steroid dienone is 1. The van der Waals surface area contributed by atoms with Crippen LogP contribution in [0.1, 0.15) is 15.9 Å². The van der Waals surface area contributed by atoms with Gasteiger partial charge in [0.15, 0.2) is 5.78 Å². The Morgan fingerprint density at radius 1 is 0.786 bits per heavy atom. The van der Waals surface area contributed by atoms with Gasteiger partial charge in [-0.3, -0.25) is 9.79 Å². The lowest BCUT2D eigenvalue weighted by Crippen LogP contribution is -2.26. The van der Waals surface area contributed by atoms with Gasteiger partial charge in [-0.2, -0.15) is 0 Å². The number of para-hydroxylation sites is 1. The second-order valence-corrected chi connectivity index (χ2v) is 6.49. The lowest BCUT2D eigenvalue weighted by molar-refractivity contribution is 0.103. The molecule has 3 nitrogen and oxygen atoms in total. The van der Waals surface area contributed by atoms with E-state index in [1.54, 1.807) is 0 Å². The highest BCUT2D eigenvalue weighted by atomic mass is 16.1. The van der Waals surface area contributed by atoms with Gasteiger partial charge in [0, 0.05) is 29.1 Å². The Morgan fingerprint density at radius 3 is 2.07 bits per heavy atom. The number of carbonyl (C=O) groups is 1. The van der Waals surface area contributed by atoms with Crippen LogP contribution in [0, 0.1) is 0 Å². The molecule has 0 radical (unpaired) electrons. The first-order valence-corrected chi connectivity index (χ1v) is 9.24. The van der Waals surface area contributed by atoms with Crippen LogP contribution in [-0.2, 0) is 0 Å². The van der Waals surface area contributed by atoms with Crippen LogP contribution in [-0.4, -0.2) is 17.2 Å². The Kier molecular flexibility index (Phi) is 5.25. The second kappa shape index (κ2) is 8.31. The minimum Gasteiger partial charge on any atom is -0.342 e. The number of nitrogens with zero attached hydrogens (tertiary/aromatic N) is 2. The summed E-state index contributed by atoms with van der Waals surface area (Å²) >= 11 is 0. The van der Waals surface area contributed by atoms with Crippen LogP contribution < -0.4 is 10.6 Å². The number of benzene rings is 3. The van der Waals surface area contributed by atoms with Gasteiger partial charge in [-0.25, -0.2) is 0 Å². The number of hydrogen-bond donors (Lipinski definition) is 0. The highest BCUT2D eigenvalue weighted by molar-refractivity contribution is 6.08. The van der Waals surface area contributed by atoms with Gasteiger partial charge in [0.1, 0.15) is 0 Å². The van der Waals surface area contributed by atoms with Crippen LogP contribution in [0.3, 0.4) is 0 Å². The van der Waals surface area contributed by atoms with Crippen LogP contribution in [0.2, 0.25) is 0 Å². The first-order valence-electron chi connectivity index (χ1n) is 9.24. The fourth-order valence-electron chi connectivity index (χ4n) is 3.10. The molecule has 0 amide bonds. The molecule has 0 aliphatic carbocycles. The molecule has 0 spiro atoms. The Hall–Kier alpha value is -3.72. The molecule has 0 N–H and O–H groups in total. The highest BCUT2D eigenvalue weighted by Gasteiger charge is 2.09. The van der Waals surface area contributed by atoms with Gasteiger partial charge in [0.05, 0.1) is 17.3 Å². The molecule has 136 valence electrons. The largest absolute Gasteiger partial charge is 0.342 e. The zero-order valence-electron chi connectivity index (χ0n) is 15.4. The van der Waals surface area contributed by atoms with Crippen molar-refractivity contribution in [2.24, 2.45) is 4.99 Å². The Labute approximate surface area is 164 Å². The molecule has 28 heavy (non-hydrogen) atoms. The summed E-state index contributed by atoms with van der Waals surface area (Å²) in [6.07, 6.45) is 8.32. The summed E-state index contributed by atoms with van der Waals surface area (Å²) in [6.45, 7) is 0.954. The summed E-state index contributed by atoms with van der Waals surface area (Å²) in [4.78, 5) is 18.5. The van der Waals surface area contributed by atoms with Gasteiger partial charge in [-0.15, -0.1) is 0 Å². The summed E-state index contributed by atoms with van der Waals surface area (Å²) in [5.41, 5.74) is 2.64. The topological polar surface area (TPSA) is 32.7 Å². The molecule has 3 aromatic rings. The van der Waals surface area contributed by atoms with Crippen LogP contribution >= 0.6 is 0 Å². The van der Waals surface area contributed by atoms with Crippen LogP contribution in [0.4, 0.5) is 0 Å². The first-order chi connectivity index (χ1) is 13.8. The molecule has 0 atom stereocenters. The molecule has 0 bridgehead atoms. The molecular weight excluding hydrogens is 344 g/mol. The third-order valence-corrected chi connectivity index (χ3v) is 4.56. The SMILES string of the molecule is C1=CC2=CN=c3ccccc3=CN2C1.O=C(c1ccccc1)c1ccccc1. The third-order valence-electron chi connectivity index (χ3n) is 4.56. The van der Waals surface area contributed by atoms with Gasteiger partial charge >= 0.3 is 0 Å². The number of hydrogen-bond acceptors (Lipinski definition) is 3. The van der Waals surface area contributed by atoms with Gasteiger partial charge in [-0.05, 0) is 12.1 Å². The van der Waals surface area contributed by atoms with Crippen molar-refractivity contribution in [1.82, 2.24) is 4.90 Å². The molecule has 2 aliphatic heterocycles. The standard InChI is InChI=1S/C13H10O.C12H10N2/c14-13(11-7-3-1-4-8-11)12-9-5-2-6-10-12;1-2-6-12-10(4-1)9-14-7-3-5-11(14)8-13-12/h1-10H;1-6,8-9H,7H2. The maximum atomic E-state index is 11.8. The highest BCUT2D eigenvalue weighted by Crippen LogP contribution is 2.14. The summed E-state index contributed by atoms with van der Waals surface area (Å²) in [5.74, 6) is 0.0752. The van der Waals surface area contributed by atoms with E-state index in [1.165, 1.54) is 10.9 Å². The fourth-order valence-corrected chi connectivity index (χ4v) is 3.10. The van der Waals surface area contributed by atoms with Crippen molar-refractivity contribution in [2.45, 2.75) is 0 Å². The van der Waals surface area contributed by atoms with Gasteiger partial charge in [0.25, 0.3) is 0 Å². The van der Waals surface area contributed by atoms with E-state index < -0.39 is 0 Å². The number of rotatable bonds is 2. The summed E-state index contributed by atoms with van der Waals surface area (Å²) in [6, 6.07) is 26.8. The van der Waals surface area contributed by atoms with Crippen LogP contribution in [0.15, 0.2) is 114 Å². The summed E-state index contributed by atoms with van der Waals surface area (Å²) in [5, 5.41) is 2.23. The predicted molar refractivity (Wildman–Crippen MR) is 112 cm³/mol. The van der Waals surface area contributed by atoms with E-state index in [1.807, 2.05) is 85.1 Å². The Bertz CT molecular complexity index is 1100. The number of carbonyl (C=O) groups excluding carboxylic acids is 1. The van der Waals surface area contributed by atoms with Crippen molar-refractivity contribution in [3.05, 3.63) is 131 Å². The molecule has 5 rings (SSSR count). The van der Waals surface area contributed by atoms with Crippen LogP contribution in [0.25, 0.3) is 6.20 Å². The van der Waals surface area contributed by atoms with Crippen molar-refractivity contribution in [3.63, 3.8) is 0 Å². The lowest BCUT2D eigenvalue weighted by atomic mass is 10.0. The van der Waals surface area contributed by atoms with E-state index in [0.717, 1.165) is 23.0 Å².